The van der Waals surface area contributed by atoms with Crippen LogP contribution in [-0.2, 0) is 4.79 Å². The molecule has 0 bridgehead atoms. The molecule has 0 unspecified atom stereocenters. The molecule has 0 radical (unpaired) electrons. The van der Waals surface area contributed by atoms with E-state index in [-0.39, 0.29) is 0 Å². The zero-order valence-electron chi connectivity index (χ0n) is 12.1. The molecule has 0 spiro atoms. The van der Waals surface area contributed by atoms with Gasteiger partial charge in [0, 0.05) is 11.5 Å². The summed E-state index contributed by atoms with van der Waals surface area (Å²) in [4.78, 5) is 19.6. The zero-order chi connectivity index (χ0) is 15.0. The highest BCUT2D eigenvalue weighted by Gasteiger charge is 2.30. The van der Waals surface area contributed by atoms with Crippen molar-refractivity contribution in [2.75, 3.05) is 6.61 Å². The molecule has 112 valence electrons. The van der Waals surface area contributed by atoms with Crippen molar-refractivity contribution < 1.29 is 14.6 Å². The number of ether oxygens (including phenoxy) is 1. The Hall–Kier alpha value is -1.98. The highest BCUT2D eigenvalue weighted by molar-refractivity contribution is 5.98. The van der Waals surface area contributed by atoms with Crippen molar-refractivity contribution in [2.24, 2.45) is 5.92 Å². The van der Waals surface area contributed by atoms with E-state index in [1.807, 2.05) is 0 Å². The second kappa shape index (κ2) is 5.42. The quantitative estimate of drug-likeness (QED) is 0.751. The number of aliphatic carboxylic acids is 1. The van der Waals surface area contributed by atoms with Crippen LogP contribution in [-0.4, -0.2) is 33.4 Å². The van der Waals surface area contributed by atoms with Crippen molar-refractivity contribution in [3.8, 4) is 5.88 Å². The smallest absolute Gasteiger partial charge is 0.341 e. The van der Waals surface area contributed by atoms with Gasteiger partial charge in [0.05, 0.1) is 11.4 Å². The highest BCUT2D eigenvalue weighted by Crippen LogP contribution is 2.40. The lowest BCUT2D eigenvalue weighted by molar-refractivity contribution is -0.139. The first-order valence-electron chi connectivity index (χ1n) is 7.35. The van der Waals surface area contributed by atoms with E-state index in [2.05, 4.69) is 9.97 Å². The van der Waals surface area contributed by atoms with Crippen LogP contribution in [0.5, 0.6) is 5.88 Å². The fraction of sp³-hybridized carbons (Fsp3) is 0.600. The van der Waals surface area contributed by atoms with Gasteiger partial charge in [0.2, 0.25) is 5.88 Å². The van der Waals surface area contributed by atoms with Crippen molar-refractivity contribution >= 4 is 11.7 Å². The van der Waals surface area contributed by atoms with Gasteiger partial charge in [-0.05, 0) is 44.9 Å². The molecule has 0 atom stereocenters. The van der Waals surface area contributed by atoms with Gasteiger partial charge >= 0.3 is 5.97 Å². The largest absolute Gasteiger partial charge is 0.479 e. The van der Waals surface area contributed by atoms with Gasteiger partial charge in [-0.15, -0.1) is 0 Å². The maximum absolute atomic E-state index is 10.7. The SMILES string of the molecule is Cc1c(OCC(=O)O)nc(C2CC2)nc1C(=N)CC1CC1. The number of rotatable bonds is 7. The summed E-state index contributed by atoms with van der Waals surface area (Å²) < 4.78 is 5.28. The van der Waals surface area contributed by atoms with Crippen molar-refractivity contribution in [1.29, 1.82) is 5.41 Å². The predicted molar refractivity (Wildman–Crippen MR) is 76.0 cm³/mol. The summed E-state index contributed by atoms with van der Waals surface area (Å²) in [5, 5.41) is 17.0. The summed E-state index contributed by atoms with van der Waals surface area (Å²) in [6.45, 7) is 1.38. The molecule has 1 heterocycles. The van der Waals surface area contributed by atoms with Crippen LogP contribution in [0.25, 0.3) is 0 Å². The van der Waals surface area contributed by atoms with Crippen molar-refractivity contribution in [3.63, 3.8) is 0 Å². The predicted octanol–water partition coefficient (Wildman–Crippen LogP) is 2.29. The second-order valence-corrected chi connectivity index (χ2v) is 5.94. The molecule has 3 rings (SSSR count). The van der Waals surface area contributed by atoms with Crippen LogP contribution in [0.3, 0.4) is 0 Å². The fourth-order valence-electron chi connectivity index (χ4n) is 2.31. The molecule has 2 aliphatic carbocycles. The standard InChI is InChI=1S/C15H19N3O3/c1-8-13(11(16)6-9-2-3-9)17-14(10-4-5-10)18-15(8)21-7-12(19)20/h9-10,16H,2-7H2,1H3,(H,19,20). The van der Waals surface area contributed by atoms with Crippen LogP contribution in [0.1, 0.15) is 55.1 Å². The van der Waals surface area contributed by atoms with Gasteiger partial charge in [-0.3, -0.25) is 0 Å². The van der Waals surface area contributed by atoms with E-state index in [9.17, 15) is 4.79 Å². The molecule has 2 aliphatic rings. The maximum Gasteiger partial charge on any atom is 0.341 e. The Morgan fingerprint density at radius 1 is 1.33 bits per heavy atom. The van der Waals surface area contributed by atoms with Crippen molar-refractivity contribution in [3.05, 3.63) is 17.1 Å². The molecule has 2 N–H and O–H groups in total. The zero-order valence-corrected chi connectivity index (χ0v) is 12.1. The molecular weight excluding hydrogens is 270 g/mol. The van der Waals surface area contributed by atoms with Crippen LogP contribution < -0.4 is 4.74 Å². The number of hydrogen-bond donors (Lipinski definition) is 2. The molecule has 6 heteroatoms. The third-order valence-corrected chi connectivity index (χ3v) is 3.87. The summed E-state index contributed by atoms with van der Waals surface area (Å²) in [6, 6.07) is 0. The van der Waals surface area contributed by atoms with Crippen LogP contribution in [0.2, 0.25) is 0 Å². The summed E-state index contributed by atoms with van der Waals surface area (Å²) in [6.07, 6.45) is 5.21. The summed E-state index contributed by atoms with van der Waals surface area (Å²) in [5.74, 6) is 0.918. The fourth-order valence-corrected chi connectivity index (χ4v) is 2.31. The van der Waals surface area contributed by atoms with E-state index < -0.39 is 12.6 Å². The summed E-state index contributed by atoms with van der Waals surface area (Å²) >= 11 is 0. The maximum atomic E-state index is 10.7. The lowest BCUT2D eigenvalue weighted by Gasteiger charge is -2.13. The number of hydrogen-bond acceptors (Lipinski definition) is 5. The Bertz CT molecular complexity index is 592. The molecule has 0 amide bonds. The Balaban J connectivity index is 1.88. The number of nitrogens with one attached hydrogen (secondary N) is 1. The van der Waals surface area contributed by atoms with Gasteiger partial charge < -0.3 is 15.3 Å². The van der Waals surface area contributed by atoms with E-state index in [0.717, 1.165) is 19.3 Å². The average Bonchev–Trinajstić information content (AvgIpc) is 3.30. The molecule has 0 saturated heterocycles. The third-order valence-electron chi connectivity index (χ3n) is 3.87. The highest BCUT2D eigenvalue weighted by atomic mass is 16.5. The van der Waals surface area contributed by atoms with E-state index in [1.54, 1.807) is 6.92 Å². The third kappa shape index (κ3) is 3.37. The number of aromatic nitrogens is 2. The van der Waals surface area contributed by atoms with Crippen LogP contribution in [0.4, 0.5) is 0 Å². The average molecular weight is 289 g/mol. The monoisotopic (exact) mass is 289 g/mol. The molecular formula is C15H19N3O3. The first-order chi connectivity index (χ1) is 10.0. The number of carboxylic acids is 1. The Kier molecular flexibility index (Phi) is 3.61. The normalized spacial score (nSPS) is 17.6. The number of carboxylic acid groups (broad SMARTS) is 1. The van der Waals surface area contributed by atoms with Gasteiger partial charge in [0.25, 0.3) is 0 Å². The molecule has 0 aromatic carbocycles. The van der Waals surface area contributed by atoms with E-state index in [0.29, 0.717) is 40.5 Å². The van der Waals surface area contributed by atoms with Gasteiger partial charge in [-0.25, -0.2) is 9.78 Å². The Morgan fingerprint density at radius 3 is 2.62 bits per heavy atom. The van der Waals surface area contributed by atoms with Gasteiger partial charge in [0.1, 0.15) is 5.82 Å². The van der Waals surface area contributed by atoms with Crippen LogP contribution >= 0.6 is 0 Å². The van der Waals surface area contributed by atoms with Crippen LogP contribution in [0, 0.1) is 18.3 Å². The second-order valence-electron chi connectivity index (χ2n) is 5.94. The number of carbonyl (C=O) groups is 1. The molecule has 2 fully saturated rings. The molecule has 6 nitrogen and oxygen atoms in total. The molecule has 2 saturated carbocycles. The first-order valence-corrected chi connectivity index (χ1v) is 7.35. The van der Waals surface area contributed by atoms with E-state index in [4.69, 9.17) is 15.3 Å². The summed E-state index contributed by atoms with van der Waals surface area (Å²) in [5.41, 5.74) is 1.81. The van der Waals surface area contributed by atoms with Gasteiger partial charge in [-0.2, -0.15) is 4.98 Å². The van der Waals surface area contributed by atoms with Crippen LogP contribution in [0.15, 0.2) is 0 Å². The minimum atomic E-state index is -1.03. The van der Waals surface area contributed by atoms with E-state index in [1.165, 1.54) is 12.8 Å². The van der Waals surface area contributed by atoms with Gasteiger partial charge in [-0.1, -0.05) is 0 Å². The molecule has 21 heavy (non-hydrogen) atoms. The van der Waals surface area contributed by atoms with Crippen molar-refractivity contribution in [1.82, 2.24) is 9.97 Å². The molecule has 1 aromatic heterocycles. The minimum absolute atomic E-state index is 0.310. The van der Waals surface area contributed by atoms with Gasteiger partial charge in [0.15, 0.2) is 6.61 Å². The topological polar surface area (TPSA) is 96.2 Å². The Morgan fingerprint density at radius 2 is 2.05 bits per heavy atom. The lowest BCUT2D eigenvalue weighted by atomic mass is 10.1. The Labute approximate surface area is 123 Å². The molecule has 1 aromatic rings. The first kappa shape index (κ1) is 14.0. The summed E-state index contributed by atoms with van der Waals surface area (Å²) in [7, 11) is 0. The molecule has 0 aliphatic heterocycles. The number of nitrogens with zero attached hydrogens (tertiary/aromatic N) is 2. The lowest BCUT2D eigenvalue weighted by Crippen LogP contribution is -2.15. The van der Waals surface area contributed by atoms with E-state index >= 15 is 0 Å². The minimum Gasteiger partial charge on any atom is -0.479 e. The van der Waals surface area contributed by atoms with Crippen molar-refractivity contribution in [2.45, 2.75) is 44.9 Å².